The van der Waals surface area contributed by atoms with Gasteiger partial charge in [-0.05, 0) is 91.6 Å². The zero-order valence-corrected chi connectivity index (χ0v) is 46.3. The molecule has 0 unspecified atom stereocenters. The van der Waals surface area contributed by atoms with Gasteiger partial charge in [0.25, 0.3) is 0 Å². The van der Waals surface area contributed by atoms with Gasteiger partial charge in [-0.15, -0.1) is 17.0 Å². The number of carbonyl (C=O) groups is 1. The smallest absolute Gasteiger partial charge is 0.229 e. The second-order valence-electron chi connectivity index (χ2n) is 13.4. The van der Waals surface area contributed by atoms with E-state index in [1.54, 1.807) is 30.9 Å². The van der Waals surface area contributed by atoms with Crippen LogP contribution in [0.25, 0.3) is 33.1 Å². The predicted octanol–water partition coefficient (Wildman–Crippen LogP) is 12.4. The molecule has 1 radical (unpaired) electrons. The number of aromatic nitrogens is 8. The first-order valence-corrected chi connectivity index (χ1v) is 23.4. The number of pyridine rings is 2. The molecule has 0 atom stereocenters. The molecule has 0 saturated carbocycles. The summed E-state index contributed by atoms with van der Waals surface area (Å²) in [6, 6.07) is 6.14. The van der Waals surface area contributed by atoms with Crippen LogP contribution in [0.3, 0.4) is 0 Å². The van der Waals surface area contributed by atoms with Crippen LogP contribution in [-0.4, -0.2) is 69.8 Å². The van der Waals surface area contributed by atoms with E-state index in [-0.39, 0.29) is 59.4 Å². The molecular weight excluding hydrogens is 1220 g/mol. The number of nitrogens with two attached hydrogens (primary N) is 2. The largest absolute Gasteiger partial charge is 0.383 e. The van der Waals surface area contributed by atoms with Crippen molar-refractivity contribution in [2.75, 3.05) is 19.4 Å². The van der Waals surface area contributed by atoms with Crippen molar-refractivity contribution in [2.24, 2.45) is 16.5 Å². The maximum Gasteiger partial charge on any atom is 0.229 e. The van der Waals surface area contributed by atoms with Crippen LogP contribution in [0.1, 0.15) is 61.5 Å². The van der Waals surface area contributed by atoms with Crippen LogP contribution in [-0.2, 0) is 18.6 Å². The summed E-state index contributed by atoms with van der Waals surface area (Å²) in [4.78, 5) is 47.0. The van der Waals surface area contributed by atoms with Crippen molar-refractivity contribution in [1.82, 2.24) is 43.9 Å². The van der Waals surface area contributed by atoms with E-state index in [0.717, 1.165) is 57.2 Å². The molecule has 5 N–H and O–H groups in total. The van der Waals surface area contributed by atoms with Crippen molar-refractivity contribution in [3.05, 3.63) is 101 Å². The topological polar surface area (TPSA) is 184 Å². The molecular formula is C39H44Br3Cl2IN13OS2V-. The minimum atomic E-state index is -0.0367. The van der Waals surface area contributed by atoms with Crippen molar-refractivity contribution in [1.29, 1.82) is 0 Å². The van der Waals surface area contributed by atoms with Crippen molar-refractivity contribution in [3.8, 4) is 11.3 Å². The Hall–Kier alpha value is -2.67. The molecule has 0 aliphatic rings. The standard InChI is InChI=1S/C18H16BrClN6S.C15H18ClN3O.C5H7BrN4S.CH2I.BrH.V/c1-9(2)26-8-12(11-4-6-21-16(20)14(11)26)13-5-7-22-17(24-13)25-18-23-10(3)15(19)27-18;1-10(2)19-9-12(13(20)6-8-18(3)4)11-5-7-17-15(16)14(11)19;1-2-3(6)11-5(9-2)10-4(7)8;1-2;;/h4-9H,1-3H3,(H,22,23,24,25);5-10H,1-4H3;1H3,(H4,7,8,9,10);1H2;1H;/q;;;-1;;/b;8-6+;;;;. The minimum absolute atomic E-state index is 0. The Morgan fingerprint density at radius 3 is 1.92 bits per heavy atom. The van der Waals surface area contributed by atoms with Crippen molar-refractivity contribution in [2.45, 2.75) is 53.6 Å². The van der Waals surface area contributed by atoms with Gasteiger partial charge in [0.15, 0.2) is 27.2 Å². The Balaban J connectivity index is 0.000000334. The number of guanidine groups is 1. The number of allylic oxidation sites excluding steroid dienone is 1. The number of anilines is 2. The van der Waals surface area contributed by atoms with Crippen LogP contribution in [0.2, 0.25) is 10.3 Å². The van der Waals surface area contributed by atoms with E-state index in [9.17, 15) is 4.79 Å². The van der Waals surface area contributed by atoms with E-state index < -0.39 is 0 Å². The van der Waals surface area contributed by atoms with Gasteiger partial charge in [-0.1, -0.05) is 45.9 Å². The van der Waals surface area contributed by atoms with E-state index >= 15 is 0 Å². The van der Waals surface area contributed by atoms with Gasteiger partial charge in [0.1, 0.15) is 0 Å². The van der Waals surface area contributed by atoms with Gasteiger partial charge >= 0.3 is 0 Å². The molecule has 0 spiro atoms. The molecule has 331 valence electrons. The molecule has 14 nitrogen and oxygen atoms in total. The number of nitrogens with one attached hydrogen (secondary N) is 1. The Labute approximate surface area is 431 Å². The van der Waals surface area contributed by atoms with Gasteiger partial charge in [0, 0.05) is 110 Å². The molecule has 7 rings (SSSR count). The van der Waals surface area contributed by atoms with Crippen LogP contribution >= 0.6 is 117 Å². The van der Waals surface area contributed by atoms with Gasteiger partial charge in [0.2, 0.25) is 11.1 Å². The Morgan fingerprint density at radius 1 is 0.871 bits per heavy atom. The molecule has 0 amide bonds. The monoisotopic (exact) mass is 1260 g/mol. The molecule has 23 heteroatoms. The van der Waals surface area contributed by atoms with Crippen molar-refractivity contribution >= 4 is 167 Å². The van der Waals surface area contributed by atoms with Crippen LogP contribution in [0.5, 0.6) is 0 Å². The summed E-state index contributed by atoms with van der Waals surface area (Å²) in [5.41, 5.74) is 16.3. The Morgan fingerprint density at radius 2 is 1.40 bits per heavy atom. The number of aryl methyl sites for hydroxylation is 2. The molecule has 0 aliphatic heterocycles. The van der Waals surface area contributed by atoms with Crippen LogP contribution in [0.4, 0.5) is 16.2 Å². The Kier molecular flexibility index (Phi) is 23.0. The quantitative estimate of drug-likeness (QED) is 0.0238. The number of fused-ring (bicyclic) bond motifs is 2. The third-order valence-electron chi connectivity index (χ3n) is 8.14. The number of aliphatic imine (C=N–C) groups is 1. The summed E-state index contributed by atoms with van der Waals surface area (Å²) in [6.07, 6.45) is 12.3. The fraction of sp³-hybridized carbons (Fsp3) is 0.256. The zero-order valence-electron chi connectivity index (χ0n) is 34.7. The van der Waals surface area contributed by atoms with Gasteiger partial charge < -0.3 is 48.1 Å². The summed E-state index contributed by atoms with van der Waals surface area (Å²) in [6.45, 7) is 12.2. The normalized spacial score (nSPS) is 10.6. The first-order chi connectivity index (χ1) is 28.4. The summed E-state index contributed by atoms with van der Waals surface area (Å²) in [5.74, 6) is 0.496. The average molecular weight is 1260 g/mol. The van der Waals surface area contributed by atoms with Crippen LogP contribution < -0.4 is 16.8 Å². The number of hydrogen-bond donors (Lipinski definition) is 3. The molecule has 0 aliphatic carbocycles. The maximum absolute atomic E-state index is 12.3. The van der Waals surface area contributed by atoms with E-state index in [2.05, 4.69) is 102 Å². The first kappa shape index (κ1) is 55.5. The number of thiazole rings is 2. The molecule has 0 saturated heterocycles. The summed E-state index contributed by atoms with van der Waals surface area (Å²) in [7, 11) is 3.75. The molecule has 0 aromatic carbocycles. The van der Waals surface area contributed by atoms with Gasteiger partial charge in [0.05, 0.1) is 35.7 Å². The van der Waals surface area contributed by atoms with Crippen molar-refractivity contribution in [3.63, 3.8) is 0 Å². The zero-order chi connectivity index (χ0) is 44.4. The fourth-order valence-electron chi connectivity index (χ4n) is 5.47. The fourth-order valence-corrected chi connectivity index (χ4v) is 8.43. The van der Waals surface area contributed by atoms with Gasteiger partial charge in [-0.2, -0.15) is 4.99 Å². The van der Waals surface area contributed by atoms with Crippen LogP contribution in [0.15, 0.2) is 74.0 Å². The number of carbonyl (C=O) groups excluding carboxylic acids is 1. The van der Waals surface area contributed by atoms with E-state index in [1.165, 1.54) is 22.7 Å². The minimum Gasteiger partial charge on any atom is -0.383 e. The van der Waals surface area contributed by atoms with Crippen molar-refractivity contribution < 1.29 is 23.4 Å². The average Bonchev–Trinajstić information content (AvgIpc) is 3.95. The van der Waals surface area contributed by atoms with Gasteiger partial charge in [-0.25, -0.2) is 29.9 Å². The predicted molar refractivity (Wildman–Crippen MR) is 276 cm³/mol. The summed E-state index contributed by atoms with van der Waals surface area (Å²) >= 11 is 24.2. The van der Waals surface area contributed by atoms with E-state index in [1.807, 2.05) is 98.2 Å². The van der Waals surface area contributed by atoms with Gasteiger partial charge in [-0.3, -0.25) is 15.0 Å². The summed E-state index contributed by atoms with van der Waals surface area (Å²) < 4.78 is 6.05. The van der Waals surface area contributed by atoms with E-state index in [4.69, 9.17) is 34.7 Å². The number of nitrogens with zero attached hydrogens (tertiary/aromatic N) is 10. The molecule has 7 aromatic heterocycles. The third-order valence-corrected chi connectivity index (χ3v) is 12.5. The van der Waals surface area contributed by atoms with E-state index in [0.29, 0.717) is 26.9 Å². The second-order valence-corrected chi connectivity index (χ2v) is 18.7. The first-order valence-electron chi connectivity index (χ1n) is 17.9. The number of halogens is 6. The SMILES string of the molecule is Br.CC(C)n1cc(C(=O)/C=C/N(C)C)c2ccnc(Cl)c21.Cc1nc(N=C(N)N)sc1Br.Cc1nc(Nc2nccc(-c3cn(C(C)C)c4c(Cl)nccc34)n2)sc1Br.[CH2-]I.[V]. The second kappa shape index (κ2) is 25.7. The molecule has 7 heterocycles. The summed E-state index contributed by atoms with van der Waals surface area (Å²) in [5, 5.41) is 7.26. The molecule has 0 fully saturated rings. The van der Waals surface area contributed by atoms with Crippen LogP contribution in [0, 0.1) is 18.8 Å². The number of ketones is 1. The maximum atomic E-state index is 12.3. The number of hydrogen-bond acceptors (Lipinski definition) is 12. The number of rotatable bonds is 9. The molecule has 0 bridgehead atoms. The Bertz CT molecular complexity index is 2610. The molecule has 7 aromatic rings. The molecule has 62 heavy (non-hydrogen) atoms. The third kappa shape index (κ3) is 14.4.